The zero-order chi connectivity index (χ0) is 17.5. The molecule has 0 aliphatic carbocycles. The maximum atomic E-state index is 13.5. The van der Waals surface area contributed by atoms with Crippen molar-refractivity contribution >= 4 is 11.9 Å². The van der Waals surface area contributed by atoms with Crippen molar-refractivity contribution in [1.29, 1.82) is 0 Å². The van der Waals surface area contributed by atoms with Crippen LogP contribution in [-0.2, 0) is 20.7 Å². The van der Waals surface area contributed by atoms with Gasteiger partial charge in [0.05, 0.1) is 13.2 Å². The van der Waals surface area contributed by atoms with Gasteiger partial charge in [0.1, 0.15) is 0 Å². The van der Waals surface area contributed by atoms with Crippen LogP contribution < -0.4 is 10.6 Å². The average molecular weight is 333 g/mol. The van der Waals surface area contributed by atoms with E-state index < -0.39 is 23.7 Å². The van der Waals surface area contributed by atoms with Crippen LogP contribution in [0.4, 0.5) is 13.2 Å². The molecule has 0 unspecified atom stereocenters. The predicted molar refractivity (Wildman–Crippen MR) is 76.2 cm³/mol. The van der Waals surface area contributed by atoms with E-state index >= 15 is 0 Å². The second kappa shape index (κ2) is 7.96. The molecule has 0 bridgehead atoms. The Morgan fingerprint density at radius 3 is 2.30 bits per heavy atom. The van der Waals surface area contributed by atoms with E-state index in [0.29, 0.717) is 6.42 Å². The summed E-state index contributed by atoms with van der Waals surface area (Å²) in [6.07, 6.45) is -4.70. The van der Waals surface area contributed by atoms with E-state index in [1.165, 1.54) is 6.92 Å². The molecule has 1 aromatic rings. The maximum Gasteiger partial charge on any atom is 0.478 e. The minimum Gasteiger partial charge on any atom is -0.460 e. The average Bonchev–Trinajstić information content (AvgIpc) is 2.45. The molecule has 23 heavy (non-hydrogen) atoms. The van der Waals surface area contributed by atoms with E-state index in [-0.39, 0.29) is 13.2 Å². The largest absolute Gasteiger partial charge is 0.478 e. The van der Waals surface area contributed by atoms with Gasteiger partial charge in [0.2, 0.25) is 5.91 Å². The number of nitrogens with one attached hydrogen (secondary N) is 1. The van der Waals surface area contributed by atoms with Gasteiger partial charge in [0, 0.05) is 13.3 Å². The van der Waals surface area contributed by atoms with E-state index in [0.717, 1.165) is 17.8 Å². The Kier molecular flexibility index (Phi) is 6.56. The van der Waals surface area contributed by atoms with Gasteiger partial charge in [-0.1, -0.05) is 30.3 Å². The van der Waals surface area contributed by atoms with Crippen LogP contribution in [0.1, 0.15) is 19.4 Å². The number of amides is 1. The summed E-state index contributed by atoms with van der Waals surface area (Å²) >= 11 is 0. The van der Waals surface area contributed by atoms with Crippen molar-refractivity contribution in [3.63, 3.8) is 0 Å². The quantitative estimate of drug-likeness (QED) is 0.571. The molecule has 1 rings (SSSR count). The normalized spacial score (nSPS) is 14.0. The van der Waals surface area contributed by atoms with Crippen molar-refractivity contribution in [1.82, 2.24) is 5.32 Å². The minimum absolute atomic E-state index is 0.0530. The van der Waals surface area contributed by atoms with Crippen LogP contribution in [0.25, 0.3) is 0 Å². The molecule has 0 saturated heterocycles. The lowest BCUT2D eigenvalue weighted by molar-refractivity contribution is -0.743. The van der Waals surface area contributed by atoms with Crippen LogP contribution in [0.15, 0.2) is 30.3 Å². The van der Waals surface area contributed by atoms with Crippen LogP contribution >= 0.6 is 0 Å². The summed E-state index contributed by atoms with van der Waals surface area (Å²) < 4.78 is 45.0. The molecule has 0 aromatic heterocycles. The number of rotatable bonds is 7. The number of nitrogens with two attached hydrogens (primary N) is 1. The van der Waals surface area contributed by atoms with Crippen molar-refractivity contribution < 1.29 is 32.8 Å². The Morgan fingerprint density at radius 2 is 1.83 bits per heavy atom. The monoisotopic (exact) mass is 333 g/mol. The van der Waals surface area contributed by atoms with Crippen LogP contribution in [-0.4, -0.2) is 36.9 Å². The highest BCUT2D eigenvalue weighted by Crippen LogP contribution is 2.26. The zero-order valence-corrected chi connectivity index (χ0v) is 12.9. The second-order valence-electron chi connectivity index (χ2n) is 4.94. The van der Waals surface area contributed by atoms with Gasteiger partial charge in [0.15, 0.2) is 0 Å². The van der Waals surface area contributed by atoms with E-state index in [4.69, 9.17) is 0 Å². The molecule has 128 valence electrons. The van der Waals surface area contributed by atoms with Crippen molar-refractivity contribution in [3.05, 3.63) is 35.9 Å². The molecule has 0 aliphatic heterocycles. The molecular weight excluding hydrogens is 313 g/mol. The SMILES string of the molecule is CCOC(=O)[C@@](NC(C)=O)([NH2+]CCc1ccccc1)C(F)(F)F. The fourth-order valence-corrected chi connectivity index (χ4v) is 2.11. The number of carbonyl (C=O) groups excluding carboxylic acids is 2. The molecule has 1 aromatic carbocycles. The summed E-state index contributed by atoms with van der Waals surface area (Å²) in [5.74, 6) is -2.50. The highest BCUT2D eigenvalue weighted by atomic mass is 19.4. The first-order valence-electron chi connectivity index (χ1n) is 7.14. The smallest absolute Gasteiger partial charge is 0.460 e. The lowest BCUT2D eigenvalue weighted by Crippen LogP contribution is -3.07. The molecule has 0 heterocycles. The molecule has 0 aliphatic rings. The third-order valence-corrected chi connectivity index (χ3v) is 3.14. The van der Waals surface area contributed by atoms with Gasteiger partial charge in [-0.15, -0.1) is 0 Å². The molecule has 5 nitrogen and oxygen atoms in total. The maximum absolute atomic E-state index is 13.5. The fraction of sp³-hybridized carbons (Fsp3) is 0.467. The molecule has 3 N–H and O–H groups in total. The molecule has 8 heteroatoms. The topological polar surface area (TPSA) is 72.0 Å². The Morgan fingerprint density at radius 1 is 1.22 bits per heavy atom. The van der Waals surface area contributed by atoms with Gasteiger partial charge in [-0.25, -0.2) is 4.79 Å². The van der Waals surface area contributed by atoms with Crippen LogP contribution in [0, 0.1) is 0 Å². The van der Waals surface area contributed by atoms with Gasteiger partial charge >= 0.3 is 17.8 Å². The number of quaternary nitrogens is 1. The van der Waals surface area contributed by atoms with Crippen molar-refractivity contribution in [2.45, 2.75) is 32.1 Å². The molecule has 0 radical (unpaired) electrons. The standard InChI is InChI=1S/C15H19F3N2O3/c1-3-23-13(22)14(15(16,17)18,20-11(2)21)19-10-9-12-7-5-4-6-8-12/h4-8,19H,3,9-10H2,1-2H3,(H,20,21)/p+1/t14-/m0/s1. The fourth-order valence-electron chi connectivity index (χ4n) is 2.11. The Hall–Kier alpha value is -2.09. The lowest BCUT2D eigenvalue weighted by Gasteiger charge is -2.31. The molecule has 0 saturated carbocycles. The summed E-state index contributed by atoms with van der Waals surface area (Å²) in [7, 11) is 0. The number of ether oxygens (including phenoxy) is 1. The van der Waals surface area contributed by atoms with Crippen LogP contribution in [0.5, 0.6) is 0 Å². The summed E-state index contributed by atoms with van der Waals surface area (Å²) in [5, 5.41) is 2.47. The molecule has 1 amide bonds. The van der Waals surface area contributed by atoms with Crippen LogP contribution in [0.2, 0.25) is 0 Å². The number of benzene rings is 1. The third kappa shape index (κ3) is 4.95. The van der Waals surface area contributed by atoms with E-state index in [9.17, 15) is 22.8 Å². The highest BCUT2D eigenvalue weighted by Gasteiger charge is 2.67. The number of hydrogen-bond donors (Lipinski definition) is 2. The Balaban J connectivity index is 2.96. The van der Waals surface area contributed by atoms with Crippen molar-refractivity contribution in [2.75, 3.05) is 13.2 Å². The number of halogens is 3. The molecular formula is C15H20F3N2O3+. The van der Waals surface area contributed by atoms with E-state index in [2.05, 4.69) is 4.74 Å². The van der Waals surface area contributed by atoms with E-state index in [1.54, 1.807) is 35.6 Å². The summed E-state index contributed by atoms with van der Waals surface area (Å²) in [6, 6.07) is 8.87. The summed E-state index contributed by atoms with van der Waals surface area (Å²) in [5.41, 5.74) is -2.31. The zero-order valence-electron chi connectivity index (χ0n) is 12.9. The van der Waals surface area contributed by atoms with Crippen molar-refractivity contribution in [3.8, 4) is 0 Å². The summed E-state index contributed by atoms with van der Waals surface area (Å²) in [6.45, 7) is 2.05. The lowest BCUT2D eigenvalue weighted by atomic mass is 10.1. The van der Waals surface area contributed by atoms with E-state index in [1.807, 2.05) is 0 Å². The van der Waals surface area contributed by atoms with Gasteiger partial charge in [-0.3, -0.25) is 10.1 Å². The minimum atomic E-state index is -5.00. The number of alkyl halides is 3. The number of carbonyl (C=O) groups is 2. The Labute approximate surface area is 132 Å². The van der Waals surface area contributed by atoms with Crippen LogP contribution in [0.3, 0.4) is 0 Å². The van der Waals surface area contributed by atoms with Gasteiger partial charge in [-0.2, -0.15) is 13.2 Å². The van der Waals surface area contributed by atoms with Gasteiger partial charge in [0.25, 0.3) is 0 Å². The number of esters is 1. The number of hydrogen-bond acceptors (Lipinski definition) is 3. The molecule has 1 atom stereocenters. The Bertz CT molecular complexity index is 535. The van der Waals surface area contributed by atoms with Gasteiger partial charge < -0.3 is 10.1 Å². The molecule has 0 fully saturated rings. The first-order valence-corrected chi connectivity index (χ1v) is 7.14. The molecule has 0 spiro atoms. The second-order valence-corrected chi connectivity index (χ2v) is 4.94. The summed E-state index contributed by atoms with van der Waals surface area (Å²) in [4.78, 5) is 23.1. The third-order valence-electron chi connectivity index (χ3n) is 3.14. The predicted octanol–water partition coefficient (Wildman–Crippen LogP) is 0.750. The first kappa shape index (κ1) is 19.0. The van der Waals surface area contributed by atoms with Gasteiger partial charge in [-0.05, 0) is 12.5 Å². The highest BCUT2D eigenvalue weighted by molar-refractivity contribution is 5.86. The van der Waals surface area contributed by atoms with Crippen molar-refractivity contribution in [2.24, 2.45) is 0 Å². The first-order chi connectivity index (χ1) is 10.7.